The topological polar surface area (TPSA) is 188 Å². The van der Waals surface area contributed by atoms with E-state index in [0.29, 0.717) is 5.56 Å². The number of carboxylic acids is 2. The zero-order valence-corrected chi connectivity index (χ0v) is 18.9. The van der Waals surface area contributed by atoms with Crippen molar-refractivity contribution < 1.29 is 34.2 Å². The van der Waals surface area contributed by atoms with Gasteiger partial charge in [-0.15, -0.1) is 0 Å². The Morgan fingerprint density at radius 1 is 0.848 bits per heavy atom. The van der Waals surface area contributed by atoms with E-state index in [1.165, 1.54) is 6.92 Å². The predicted octanol–water partition coefficient (Wildman–Crippen LogP) is -0.364. The van der Waals surface area contributed by atoms with Crippen LogP contribution in [0.5, 0.6) is 0 Å². The van der Waals surface area contributed by atoms with E-state index in [-0.39, 0.29) is 18.8 Å². The summed E-state index contributed by atoms with van der Waals surface area (Å²) in [4.78, 5) is 60.0. The van der Waals surface area contributed by atoms with Crippen LogP contribution in [0.1, 0.15) is 39.2 Å². The predicted molar refractivity (Wildman–Crippen MR) is 119 cm³/mol. The summed E-state index contributed by atoms with van der Waals surface area (Å²) in [5.74, 6) is -4.66. The van der Waals surface area contributed by atoms with Crippen LogP contribution in [0, 0.1) is 5.92 Å². The molecule has 3 amide bonds. The van der Waals surface area contributed by atoms with Gasteiger partial charge in [0.1, 0.15) is 18.1 Å². The minimum Gasteiger partial charge on any atom is -0.481 e. The number of benzene rings is 1. The van der Waals surface area contributed by atoms with Gasteiger partial charge in [-0.3, -0.25) is 24.0 Å². The monoisotopic (exact) mass is 464 g/mol. The molecule has 0 aromatic heterocycles. The third-order valence-electron chi connectivity index (χ3n) is 4.72. The largest absolute Gasteiger partial charge is 0.481 e. The average Bonchev–Trinajstić information content (AvgIpc) is 2.72. The molecule has 0 heterocycles. The van der Waals surface area contributed by atoms with Crippen molar-refractivity contribution >= 4 is 29.7 Å². The summed E-state index contributed by atoms with van der Waals surface area (Å²) in [7, 11) is 0. The van der Waals surface area contributed by atoms with Crippen molar-refractivity contribution in [3.63, 3.8) is 0 Å². The van der Waals surface area contributed by atoms with Gasteiger partial charge in [0, 0.05) is 6.42 Å². The van der Waals surface area contributed by atoms with Crippen LogP contribution in [0.3, 0.4) is 0 Å². The Hall–Kier alpha value is -3.47. The van der Waals surface area contributed by atoms with E-state index in [2.05, 4.69) is 16.0 Å². The highest BCUT2D eigenvalue weighted by atomic mass is 16.4. The molecule has 1 rings (SSSR count). The molecule has 0 radical (unpaired) electrons. The van der Waals surface area contributed by atoms with Gasteiger partial charge in [-0.25, -0.2) is 0 Å². The van der Waals surface area contributed by atoms with Gasteiger partial charge in [0.25, 0.3) is 0 Å². The first kappa shape index (κ1) is 27.6. The Labute approximate surface area is 192 Å². The van der Waals surface area contributed by atoms with Gasteiger partial charge >= 0.3 is 11.9 Å². The maximum absolute atomic E-state index is 13.1. The number of carbonyl (C=O) groups excluding carboxylic acids is 3. The van der Waals surface area contributed by atoms with Crippen LogP contribution in [0.4, 0.5) is 0 Å². The molecule has 0 aliphatic heterocycles. The Bertz CT molecular complexity index is 844. The van der Waals surface area contributed by atoms with E-state index in [1.54, 1.807) is 30.3 Å². The fourth-order valence-corrected chi connectivity index (χ4v) is 2.97. The molecule has 7 N–H and O–H groups in total. The maximum Gasteiger partial charge on any atom is 0.325 e. The number of hydrogen-bond acceptors (Lipinski definition) is 6. The molecule has 182 valence electrons. The van der Waals surface area contributed by atoms with Gasteiger partial charge < -0.3 is 31.9 Å². The third-order valence-corrected chi connectivity index (χ3v) is 4.72. The summed E-state index contributed by atoms with van der Waals surface area (Å²) < 4.78 is 0. The fraction of sp³-hybridized carbons (Fsp3) is 0.500. The molecule has 0 spiro atoms. The first-order valence-corrected chi connectivity index (χ1v) is 10.6. The first-order valence-electron chi connectivity index (χ1n) is 10.6. The van der Waals surface area contributed by atoms with Crippen LogP contribution in [-0.2, 0) is 30.4 Å². The number of nitrogens with two attached hydrogens (primary N) is 1. The molecule has 11 nitrogen and oxygen atoms in total. The highest BCUT2D eigenvalue weighted by Crippen LogP contribution is 2.09. The Morgan fingerprint density at radius 2 is 1.39 bits per heavy atom. The van der Waals surface area contributed by atoms with Crippen LogP contribution < -0.4 is 21.7 Å². The molecule has 0 aliphatic carbocycles. The number of aliphatic carboxylic acids is 2. The first-order chi connectivity index (χ1) is 15.4. The maximum atomic E-state index is 13.1. The normalized spacial score (nSPS) is 14.5. The van der Waals surface area contributed by atoms with E-state index in [0.717, 1.165) is 0 Å². The van der Waals surface area contributed by atoms with Gasteiger partial charge in [0.15, 0.2) is 0 Å². The standard InChI is InChI=1S/C22H32N4O7/c1-12(2)9-16(20(30)24-13(3)22(32)33)26-21(31)17(10-14-7-5-4-6-8-14)25-19(29)15(23)11-18(27)28/h4-8,12-13,15-17H,9-11,23H2,1-3H3,(H,24,30)(H,25,29)(H,26,31)(H,27,28)(H,32,33). The summed E-state index contributed by atoms with van der Waals surface area (Å²) in [6.45, 7) is 4.97. The molecule has 0 saturated carbocycles. The summed E-state index contributed by atoms with van der Waals surface area (Å²) in [6, 6.07) is 4.09. The molecule has 11 heteroatoms. The zero-order chi connectivity index (χ0) is 25.1. The Balaban J connectivity index is 3.05. The second-order valence-electron chi connectivity index (χ2n) is 8.21. The van der Waals surface area contributed by atoms with Crippen molar-refractivity contribution in [1.29, 1.82) is 0 Å². The lowest BCUT2D eigenvalue weighted by atomic mass is 10.0. The third kappa shape index (κ3) is 10.1. The van der Waals surface area contributed by atoms with E-state index in [9.17, 15) is 24.0 Å². The molecule has 0 fully saturated rings. The lowest BCUT2D eigenvalue weighted by Crippen LogP contribution is -2.57. The highest BCUT2D eigenvalue weighted by molar-refractivity contribution is 5.94. The second kappa shape index (κ2) is 13.2. The number of amides is 3. The number of rotatable bonds is 13. The van der Waals surface area contributed by atoms with Crippen molar-refractivity contribution in [2.75, 3.05) is 0 Å². The molecule has 0 aliphatic rings. The van der Waals surface area contributed by atoms with Crippen molar-refractivity contribution in [2.45, 2.75) is 64.2 Å². The van der Waals surface area contributed by atoms with Crippen LogP contribution in [0.25, 0.3) is 0 Å². The van der Waals surface area contributed by atoms with Gasteiger partial charge in [-0.05, 0) is 24.8 Å². The molecule has 4 unspecified atom stereocenters. The van der Waals surface area contributed by atoms with Crippen molar-refractivity contribution in [3.8, 4) is 0 Å². The number of hydrogen-bond donors (Lipinski definition) is 6. The Kier molecular flexibility index (Phi) is 11.0. The van der Waals surface area contributed by atoms with Crippen molar-refractivity contribution in [1.82, 2.24) is 16.0 Å². The van der Waals surface area contributed by atoms with Gasteiger partial charge in [-0.2, -0.15) is 0 Å². The number of nitrogens with one attached hydrogen (secondary N) is 3. The number of carboxylic acid groups (broad SMARTS) is 2. The molecule has 4 atom stereocenters. The van der Waals surface area contributed by atoms with Crippen molar-refractivity contribution in [2.24, 2.45) is 11.7 Å². The Morgan fingerprint density at radius 3 is 1.91 bits per heavy atom. The quantitative estimate of drug-likeness (QED) is 0.228. The molecule has 1 aromatic rings. The van der Waals surface area contributed by atoms with Gasteiger partial charge in [0.05, 0.1) is 12.5 Å². The average molecular weight is 465 g/mol. The molecule has 0 saturated heterocycles. The van der Waals surface area contributed by atoms with E-state index < -0.39 is 60.2 Å². The van der Waals surface area contributed by atoms with Crippen LogP contribution >= 0.6 is 0 Å². The minimum atomic E-state index is -1.36. The molecule has 1 aromatic carbocycles. The van der Waals surface area contributed by atoms with E-state index in [4.69, 9.17) is 15.9 Å². The summed E-state index contributed by atoms with van der Waals surface area (Å²) >= 11 is 0. The number of carbonyl (C=O) groups is 5. The van der Waals surface area contributed by atoms with E-state index in [1.807, 2.05) is 13.8 Å². The van der Waals surface area contributed by atoms with E-state index >= 15 is 0 Å². The van der Waals surface area contributed by atoms with Crippen LogP contribution in [-0.4, -0.2) is 64.0 Å². The molecular formula is C22H32N4O7. The molecule has 33 heavy (non-hydrogen) atoms. The molecular weight excluding hydrogens is 432 g/mol. The fourth-order valence-electron chi connectivity index (χ4n) is 2.97. The van der Waals surface area contributed by atoms with Crippen molar-refractivity contribution in [3.05, 3.63) is 35.9 Å². The van der Waals surface area contributed by atoms with Crippen LogP contribution in [0.2, 0.25) is 0 Å². The zero-order valence-electron chi connectivity index (χ0n) is 18.9. The minimum absolute atomic E-state index is 0.00709. The van der Waals surface area contributed by atoms with Gasteiger partial charge in [-0.1, -0.05) is 44.2 Å². The summed E-state index contributed by atoms with van der Waals surface area (Å²) in [5, 5.41) is 25.3. The lowest BCUT2D eigenvalue weighted by Gasteiger charge is -2.25. The molecule has 0 bridgehead atoms. The summed E-state index contributed by atoms with van der Waals surface area (Å²) in [6.07, 6.45) is -0.314. The SMILES string of the molecule is CC(C)CC(NC(=O)C(Cc1ccccc1)NC(=O)C(N)CC(=O)O)C(=O)NC(C)C(=O)O. The summed E-state index contributed by atoms with van der Waals surface area (Å²) in [5.41, 5.74) is 6.33. The van der Waals surface area contributed by atoms with Crippen LogP contribution in [0.15, 0.2) is 30.3 Å². The highest BCUT2D eigenvalue weighted by Gasteiger charge is 2.30. The second-order valence-corrected chi connectivity index (χ2v) is 8.21. The lowest BCUT2D eigenvalue weighted by molar-refractivity contribution is -0.141. The smallest absolute Gasteiger partial charge is 0.325 e. The van der Waals surface area contributed by atoms with Gasteiger partial charge in [0.2, 0.25) is 17.7 Å².